The summed E-state index contributed by atoms with van der Waals surface area (Å²) >= 11 is 0. The normalized spacial score (nSPS) is 12.8. The molecule has 2 rings (SSSR count). The second kappa shape index (κ2) is 3.84. The number of benzene rings is 1. The first-order valence-electron chi connectivity index (χ1n) is 5.01. The van der Waals surface area contributed by atoms with Gasteiger partial charge in [0.1, 0.15) is 11.4 Å². The van der Waals surface area contributed by atoms with Crippen LogP contribution in [0.1, 0.15) is 25.2 Å². The van der Waals surface area contributed by atoms with Gasteiger partial charge in [0.25, 0.3) is 0 Å². The van der Waals surface area contributed by atoms with E-state index < -0.39 is 11.9 Å². The Bertz CT molecular complexity index is 533. The first-order valence-corrected chi connectivity index (χ1v) is 5.01. The number of fused-ring (bicyclic) bond motifs is 1. The average molecular weight is 220 g/mol. The molecule has 0 saturated carbocycles. The van der Waals surface area contributed by atoms with Crippen molar-refractivity contribution >= 4 is 22.8 Å². The minimum Gasteiger partial charge on any atom is -0.481 e. The van der Waals surface area contributed by atoms with Crippen LogP contribution < -0.4 is 5.73 Å². The highest BCUT2D eigenvalue weighted by Crippen LogP contribution is 2.27. The van der Waals surface area contributed by atoms with Crippen molar-refractivity contribution in [1.29, 1.82) is 0 Å². The monoisotopic (exact) mass is 220 g/mol. The Morgan fingerprint density at radius 1 is 1.62 bits per heavy atom. The molecule has 0 saturated heterocycles. The van der Waals surface area contributed by atoms with E-state index in [9.17, 15) is 4.79 Å². The number of rotatable bonds is 3. The maximum atomic E-state index is 11.0. The van der Waals surface area contributed by atoms with Gasteiger partial charge >= 0.3 is 5.97 Å². The molecule has 0 fully saturated rings. The van der Waals surface area contributed by atoms with Gasteiger partial charge in [-0.25, -0.2) is 4.98 Å². The number of hydrogen-bond donors (Lipinski definition) is 2. The zero-order valence-corrected chi connectivity index (χ0v) is 8.80. The van der Waals surface area contributed by atoms with Crippen molar-refractivity contribution in [3.8, 4) is 0 Å². The first kappa shape index (κ1) is 10.5. The lowest BCUT2D eigenvalue weighted by molar-refractivity contribution is -0.139. The molecule has 0 bridgehead atoms. The lowest BCUT2D eigenvalue weighted by atomic mass is 10.1. The van der Waals surface area contributed by atoms with Crippen molar-refractivity contribution in [3.05, 3.63) is 24.1 Å². The van der Waals surface area contributed by atoms with E-state index in [0.29, 0.717) is 23.2 Å². The summed E-state index contributed by atoms with van der Waals surface area (Å²) in [6.07, 6.45) is 0.433. The van der Waals surface area contributed by atoms with Gasteiger partial charge in [-0.1, -0.05) is 13.0 Å². The molecule has 1 aromatic carbocycles. The summed E-state index contributed by atoms with van der Waals surface area (Å²) in [6, 6.07) is 5.19. The molecular formula is C11H12N2O3. The van der Waals surface area contributed by atoms with Gasteiger partial charge in [0.15, 0.2) is 5.58 Å². The van der Waals surface area contributed by atoms with E-state index >= 15 is 0 Å². The molecule has 2 aromatic rings. The summed E-state index contributed by atoms with van der Waals surface area (Å²) in [5, 5.41) is 8.99. The largest absolute Gasteiger partial charge is 0.481 e. The maximum absolute atomic E-state index is 11.0. The Morgan fingerprint density at radius 3 is 2.94 bits per heavy atom. The maximum Gasteiger partial charge on any atom is 0.315 e. The zero-order valence-electron chi connectivity index (χ0n) is 8.80. The summed E-state index contributed by atoms with van der Waals surface area (Å²) in [5.74, 6) is -1.44. The highest BCUT2D eigenvalue weighted by Gasteiger charge is 2.23. The quantitative estimate of drug-likeness (QED) is 0.772. The predicted octanol–water partition coefficient (Wildman–Crippen LogP) is 1.99. The van der Waals surface area contributed by atoms with Crippen molar-refractivity contribution < 1.29 is 14.3 Å². The summed E-state index contributed by atoms with van der Waals surface area (Å²) in [5.41, 5.74) is 7.22. The fourth-order valence-corrected chi connectivity index (χ4v) is 1.59. The van der Waals surface area contributed by atoms with Gasteiger partial charge in [-0.15, -0.1) is 0 Å². The van der Waals surface area contributed by atoms with Gasteiger partial charge in [-0.3, -0.25) is 4.79 Å². The number of para-hydroxylation sites is 1. The minimum absolute atomic E-state index is 0.211. The van der Waals surface area contributed by atoms with Crippen LogP contribution in [0.4, 0.5) is 5.69 Å². The van der Waals surface area contributed by atoms with E-state index in [0.717, 1.165) is 0 Å². The highest BCUT2D eigenvalue weighted by atomic mass is 16.4. The molecule has 0 amide bonds. The van der Waals surface area contributed by atoms with E-state index in [-0.39, 0.29) is 5.89 Å². The van der Waals surface area contributed by atoms with E-state index in [1.165, 1.54) is 0 Å². The van der Waals surface area contributed by atoms with Gasteiger partial charge < -0.3 is 15.3 Å². The van der Waals surface area contributed by atoms with E-state index in [1.807, 2.05) is 0 Å². The van der Waals surface area contributed by atoms with Crippen LogP contribution in [0.2, 0.25) is 0 Å². The number of oxazole rings is 1. The Labute approximate surface area is 91.9 Å². The minimum atomic E-state index is -0.937. The van der Waals surface area contributed by atoms with Gasteiger partial charge in [0, 0.05) is 0 Å². The summed E-state index contributed by atoms with van der Waals surface area (Å²) in [7, 11) is 0. The number of nitrogens with two attached hydrogens (primary N) is 1. The number of aliphatic carboxylic acids is 1. The van der Waals surface area contributed by atoms with Gasteiger partial charge in [-0.05, 0) is 18.6 Å². The van der Waals surface area contributed by atoms with Crippen LogP contribution in [0.15, 0.2) is 22.6 Å². The molecule has 0 aliphatic heterocycles. The molecule has 3 N–H and O–H groups in total. The van der Waals surface area contributed by atoms with Crippen LogP contribution >= 0.6 is 0 Å². The fourth-order valence-electron chi connectivity index (χ4n) is 1.59. The zero-order chi connectivity index (χ0) is 11.7. The molecule has 1 unspecified atom stereocenters. The molecule has 5 heteroatoms. The lowest BCUT2D eigenvalue weighted by Crippen LogP contribution is -2.10. The number of nitrogen functional groups attached to an aromatic ring is 1. The Morgan fingerprint density at radius 2 is 2.38 bits per heavy atom. The standard InChI is InChI=1S/C11H12N2O3/c1-2-6(11(14)15)10-13-8-5-3-4-7(12)9(8)16-10/h3-6H,2,12H2,1H3,(H,14,15). The average Bonchev–Trinajstić information content (AvgIpc) is 2.63. The van der Waals surface area contributed by atoms with E-state index in [4.69, 9.17) is 15.3 Å². The molecule has 1 heterocycles. The molecule has 84 valence electrons. The molecule has 0 spiro atoms. The van der Waals surface area contributed by atoms with Crippen LogP contribution in [0, 0.1) is 0 Å². The number of nitrogens with zero attached hydrogens (tertiary/aromatic N) is 1. The molecule has 5 nitrogen and oxygen atoms in total. The molecule has 1 aromatic heterocycles. The number of carboxylic acids is 1. The number of aromatic nitrogens is 1. The predicted molar refractivity (Wildman–Crippen MR) is 59.1 cm³/mol. The van der Waals surface area contributed by atoms with Crippen LogP contribution in [0.25, 0.3) is 11.1 Å². The summed E-state index contributed by atoms with van der Waals surface area (Å²) in [4.78, 5) is 15.1. The van der Waals surface area contributed by atoms with Crippen LogP contribution in [-0.4, -0.2) is 16.1 Å². The van der Waals surface area contributed by atoms with Gasteiger partial charge in [0.2, 0.25) is 5.89 Å². The topological polar surface area (TPSA) is 89.3 Å². The van der Waals surface area contributed by atoms with Crippen molar-refractivity contribution in [2.45, 2.75) is 19.3 Å². The van der Waals surface area contributed by atoms with E-state index in [2.05, 4.69) is 4.98 Å². The van der Waals surface area contributed by atoms with Gasteiger partial charge in [0.05, 0.1) is 5.69 Å². The van der Waals surface area contributed by atoms with Crippen LogP contribution in [-0.2, 0) is 4.79 Å². The van der Waals surface area contributed by atoms with Crippen molar-refractivity contribution in [3.63, 3.8) is 0 Å². The van der Waals surface area contributed by atoms with E-state index in [1.54, 1.807) is 25.1 Å². The second-order valence-electron chi connectivity index (χ2n) is 3.55. The van der Waals surface area contributed by atoms with Crippen LogP contribution in [0.5, 0.6) is 0 Å². The third kappa shape index (κ3) is 1.60. The Kier molecular flexibility index (Phi) is 2.52. The third-order valence-corrected chi connectivity index (χ3v) is 2.47. The molecule has 16 heavy (non-hydrogen) atoms. The fraction of sp³-hybridized carbons (Fsp3) is 0.273. The van der Waals surface area contributed by atoms with Crippen molar-refractivity contribution in [1.82, 2.24) is 4.98 Å². The molecular weight excluding hydrogens is 208 g/mol. The third-order valence-electron chi connectivity index (χ3n) is 2.47. The number of carbonyl (C=O) groups is 1. The molecule has 0 radical (unpaired) electrons. The summed E-state index contributed by atoms with van der Waals surface area (Å²) in [6.45, 7) is 1.77. The number of carboxylic acid groups (broad SMARTS) is 1. The lowest BCUT2D eigenvalue weighted by Gasteiger charge is -2.02. The number of hydrogen-bond acceptors (Lipinski definition) is 4. The number of anilines is 1. The van der Waals surface area contributed by atoms with Crippen molar-refractivity contribution in [2.75, 3.05) is 5.73 Å². The Balaban J connectivity index is 2.54. The van der Waals surface area contributed by atoms with Crippen LogP contribution in [0.3, 0.4) is 0 Å². The highest BCUT2D eigenvalue weighted by molar-refractivity contribution is 5.85. The SMILES string of the molecule is CCC(C(=O)O)c1nc2cccc(N)c2o1. The van der Waals surface area contributed by atoms with Crippen molar-refractivity contribution in [2.24, 2.45) is 0 Å². The molecule has 0 aliphatic carbocycles. The second-order valence-corrected chi connectivity index (χ2v) is 3.55. The molecule has 0 aliphatic rings. The first-order chi connectivity index (χ1) is 7.63. The molecule has 1 atom stereocenters. The Hall–Kier alpha value is -2.04. The smallest absolute Gasteiger partial charge is 0.315 e. The summed E-state index contributed by atoms with van der Waals surface area (Å²) < 4.78 is 5.40. The van der Waals surface area contributed by atoms with Gasteiger partial charge in [-0.2, -0.15) is 0 Å².